The number of benzene rings is 1. The van der Waals surface area contributed by atoms with Gasteiger partial charge in [-0.2, -0.15) is 16.7 Å². The van der Waals surface area contributed by atoms with Gasteiger partial charge in [0.25, 0.3) is 0 Å². The lowest BCUT2D eigenvalue weighted by Gasteiger charge is -2.25. The molecular weight excluding hydrogens is 398 g/mol. The molecule has 1 aliphatic rings. The number of thioether (sulfide) groups is 2. The second kappa shape index (κ2) is 8.90. The Hall–Kier alpha value is -1.84. The number of aromatic nitrogens is 3. The monoisotopic (exact) mass is 417 g/mol. The van der Waals surface area contributed by atoms with Crippen LogP contribution in [-0.4, -0.2) is 51.2 Å². The Labute approximate surface area is 170 Å². The molecule has 4 rings (SSSR count). The van der Waals surface area contributed by atoms with Crippen LogP contribution in [0.4, 0.5) is 5.13 Å². The van der Waals surface area contributed by atoms with E-state index in [1.807, 2.05) is 42.1 Å². The van der Waals surface area contributed by atoms with E-state index in [9.17, 15) is 4.79 Å². The number of hydrogen-bond acceptors (Lipinski definition) is 8. The van der Waals surface area contributed by atoms with Crippen molar-refractivity contribution >= 4 is 56.2 Å². The predicted octanol–water partition coefficient (Wildman–Crippen LogP) is 3.05. The molecule has 0 radical (unpaired) electrons. The van der Waals surface area contributed by atoms with Crippen LogP contribution in [0.3, 0.4) is 0 Å². The van der Waals surface area contributed by atoms with Gasteiger partial charge in [-0.3, -0.25) is 4.79 Å². The molecule has 1 saturated heterocycles. The summed E-state index contributed by atoms with van der Waals surface area (Å²) in [5.74, 6) is 2.58. The Bertz CT molecular complexity index is 912. The topological polar surface area (TPSA) is 71.0 Å². The van der Waals surface area contributed by atoms with Gasteiger partial charge < -0.3 is 10.2 Å². The average molecular weight is 418 g/mol. The van der Waals surface area contributed by atoms with Gasteiger partial charge in [-0.05, 0) is 5.56 Å². The molecule has 1 N–H and O–H groups in total. The van der Waals surface area contributed by atoms with Crippen molar-refractivity contribution in [1.29, 1.82) is 0 Å². The lowest BCUT2D eigenvalue weighted by Crippen LogP contribution is -2.32. The fourth-order valence-corrected chi connectivity index (χ4v) is 5.57. The fourth-order valence-electron chi connectivity index (χ4n) is 2.70. The van der Waals surface area contributed by atoms with Crippen LogP contribution in [0.5, 0.6) is 0 Å². The number of amides is 1. The molecule has 140 valence electrons. The van der Waals surface area contributed by atoms with Crippen molar-refractivity contribution in [3.05, 3.63) is 42.2 Å². The highest BCUT2D eigenvalue weighted by Gasteiger charge is 2.18. The summed E-state index contributed by atoms with van der Waals surface area (Å²) in [6, 6.07) is 9.90. The minimum atomic E-state index is -0.00610. The highest BCUT2D eigenvalue weighted by atomic mass is 32.2. The quantitative estimate of drug-likeness (QED) is 0.488. The molecule has 9 heteroatoms. The molecule has 0 saturated carbocycles. The van der Waals surface area contributed by atoms with E-state index in [4.69, 9.17) is 0 Å². The van der Waals surface area contributed by atoms with Crippen LogP contribution in [0.25, 0.3) is 10.3 Å². The van der Waals surface area contributed by atoms with Crippen LogP contribution in [0.15, 0.2) is 41.7 Å². The van der Waals surface area contributed by atoms with Gasteiger partial charge in [-0.1, -0.05) is 53.4 Å². The van der Waals surface area contributed by atoms with Crippen LogP contribution in [0, 0.1) is 0 Å². The number of carbonyl (C=O) groups excluding carboxylic acids is 1. The first-order valence-corrected chi connectivity index (χ1v) is 11.6. The van der Waals surface area contributed by atoms with Crippen molar-refractivity contribution in [1.82, 2.24) is 20.3 Å². The van der Waals surface area contributed by atoms with E-state index in [0.29, 0.717) is 12.3 Å². The summed E-state index contributed by atoms with van der Waals surface area (Å²) in [6.07, 6.45) is 1.53. The molecule has 0 aliphatic carbocycles. The van der Waals surface area contributed by atoms with Gasteiger partial charge >= 0.3 is 0 Å². The molecule has 2 aromatic heterocycles. The molecule has 1 amide bonds. The van der Waals surface area contributed by atoms with E-state index >= 15 is 0 Å². The molecular formula is C18H19N5OS3. The van der Waals surface area contributed by atoms with Crippen LogP contribution in [0.1, 0.15) is 5.56 Å². The molecule has 27 heavy (non-hydrogen) atoms. The molecule has 0 unspecified atom stereocenters. The van der Waals surface area contributed by atoms with E-state index in [2.05, 4.69) is 25.2 Å². The standard InChI is InChI=1S/C18H19N5OS3/c24-14(19-10-13-4-2-1-3-5-13)11-26-17-15-16(20-12-21-17)22-18(27-15)23-6-8-25-9-7-23/h1-5,12H,6-11H2,(H,19,24). The first-order valence-electron chi connectivity index (χ1n) is 8.67. The van der Waals surface area contributed by atoms with Gasteiger partial charge in [-0.25, -0.2) is 9.97 Å². The van der Waals surface area contributed by atoms with Crippen molar-refractivity contribution < 1.29 is 4.79 Å². The van der Waals surface area contributed by atoms with E-state index in [1.54, 1.807) is 11.3 Å². The highest BCUT2D eigenvalue weighted by molar-refractivity contribution is 8.00. The third kappa shape index (κ3) is 4.72. The zero-order valence-corrected chi connectivity index (χ0v) is 17.1. The first kappa shape index (κ1) is 18.5. The number of carbonyl (C=O) groups is 1. The van der Waals surface area contributed by atoms with E-state index in [-0.39, 0.29) is 5.91 Å². The second-order valence-electron chi connectivity index (χ2n) is 5.98. The van der Waals surface area contributed by atoms with Gasteiger partial charge in [0, 0.05) is 31.1 Å². The molecule has 1 fully saturated rings. The molecule has 0 spiro atoms. The lowest BCUT2D eigenvalue weighted by molar-refractivity contribution is -0.118. The number of anilines is 1. The van der Waals surface area contributed by atoms with Gasteiger partial charge in [-0.15, -0.1) is 0 Å². The number of hydrogen-bond donors (Lipinski definition) is 1. The summed E-state index contributed by atoms with van der Waals surface area (Å²) in [5.41, 5.74) is 1.81. The second-order valence-corrected chi connectivity index (χ2v) is 9.14. The maximum atomic E-state index is 12.2. The number of rotatable bonds is 6. The van der Waals surface area contributed by atoms with Crippen LogP contribution in [0.2, 0.25) is 0 Å². The summed E-state index contributed by atoms with van der Waals surface area (Å²) in [4.78, 5) is 27.8. The third-order valence-corrected chi connectivity index (χ3v) is 7.27. The Kier molecular flexibility index (Phi) is 6.10. The molecule has 0 bridgehead atoms. The number of nitrogens with one attached hydrogen (secondary N) is 1. The summed E-state index contributed by atoms with van der Waals surface area (Å²) in [6.45, 7) is 2.57. The van der Waals surface area contributed by atoms with Crippen molar-refractivity contribution in [2.24, 2.45) is 0 Å². The number of thiazole rings is 1. The van der Waals surface area contributed by atoms with Crippen molar-refractivity contribution in [3.63, 3.8) is 0 Å². The zero-order chi connectivity index (χ0) is 18.5. The number of nitrogens with zero attached hydrogens (tertiary/aromatic N) is 4. The summed E-state index contributed by atoms with van der Waals surface area (Å²) < 4.78 is 0.964. The molecule has 1 aromatic carbocycles. The molecule has 1 aliphatic heterocycles. The minimum absolute atomic E-state index is 0.00610. The van der Waals surface area contributed by atoms with Crippen molar-refractivity contribution in [2.75, 3.05) is 35.2 Å². The Morgan fingerprint density at radius 2 is 2.00 bits per heavy atom. The van der Waals surface area contributed by atoms with Crippen molar-refractivity contribution in [2.45, 2.75) is 11.6 Å². The van der Waals surface area contributed by atoms with Gasteiger partial charge in [0.1, 0.15) is 16.1 Å². The Balaban J connectivity index is 1.39. The smallest absolute Gasteiger partial charge is 0.230 e. The predicted molar refractivity (Wildman–Crippen MR) is 114 cm³/mol. The number of fused-ring (bicyclic) bond motifs is 1. The Morgan fingerprint density at radius 3 is 2.81 bits per heavy atom. The summed E-state index contributed by atoms with van der Waals surface area (Å²) >= 11 is 5.03. The molecule has 0 atom stereocenters. The largest absolute Gasteiger partial charge is 0.351 e. The van der Waals surface area contributed by atoms with Crippen molar-refractivity contribution in [3.8, 4) is 0 Å². The maximum Gasteiger partial charge on any atom is 0.230 e. The van der Waals surface area contributed by atoms with E-state index in [0.717, 1.165) is 50.7 Å². The fraction of sp³-hybridized carbons (Fsp3) is 0.333. The maximum absolute atomic E-state index is 12.2. The zero-order valence-electron chi connectivity index (χ0n) is 14.6. The Morgan fingerprint density at radius 1 is 1.19 bits per heavy atom. The highest BCUT2D eigenvalue weighted by Crippen LogP contribution is 2.34. The van der Waals surface area contributed by atoms with Crippen LogP contribution < -0.4 is 10.2 Å². The minimum Gasteiger partial charge on any atom is -0.351 e. The van der Waals surface area contributed by atoms with Crippen LogP contribution >= 0.6 is 34.9 Å². The normalized spacial score (nSPS) is 14.4. The summed E-state index contributed by atoms with van der Waals surface area (Å²) in [5, 5.41) is 4.77. The third-order valence-electron chi connectivity index (χ3n) is 4.10. The van der Waals surface area contributed by atoms with Gasteiger partial charge in [0.15, 0.2) is 10.8 Å². The van der Waals surface area contributed by atoms with E-state index < -0.39 is 0 Å². The van der Waals surface area contributed by atoms with Crippen LogP contribution in [-0.2, 0) is 11.3 Å². The van der Waals surface area contributed by atoms with Gasteiger partial charge in [0.2, 0.25) is 5.91 Å². The average Bonchev–Trinajstić information content (AvgIpc) is 3.17. The van der Waals surface area contributed by atoms with Gasteiger partial charge in [0.05, 0.1) is 5.75 Å². The SMILES string of the molecule is O=C(CSc1ncnc2nc(N3CCSCC3)sc12)NCc1ccccc1. The molecule has 3 heterocycles. The lowest BCUT2D eigenvalue weighted by atomic mass is 10.2. The van der Waals surface area contributed by atoms with E-state index in [1.165, 1.54) is 18.1 Å². The summed E-state index contributed by atoms with van der Waals surface area (Å²) in [7, 11) is 0. The molecule has 3 aromatic rings. The molecule has 6 nitrogen and oxygen atoms in total. The first-order chi connectivity index (χ1) is 13.3.